The third-order valence-electron chi connectivity index (χ3n) is 2.29. The van der Waals surface area contributed by atoms with Gasteiger partial charge in [0.05, 0.1) is 11.9 Å². The van der Waals surface area contributed by atoms with E-state index in [9.17, 15) is 4.21 Å². The van der Waals surface area contributed by atoms with Gasteiger partial charge in [0.2, 0.25) is 0 Å². The lowest BCUT2D eigenvalue weighted by Crippen LogP contribution is -2.33. The summed E-state index contributed by atoms with van der Waals surface area (Å²) in [5.41, 5.74) is 0. The summed E-state index contributed by atoms with van der Waals surface area (Å²) in [6.45, 7) is 0. The number of rotatable bonds is 4. The van der Waals surface area contributed by atoms with E-state index in [1.165, 1.54) is 6.42 Å². The lowest BCUT2D eigenvalue weighted by molar-refractivity contribution is 0.0351. The van der Waals surface area contributed by atoms with Crippen LogP contribution in [0.15, 0.2) is 0 Å². The van der Waals surface area contributed by atoms with E-state index in [0.29, 0.717) is 5.92 Å². The molecule has 0 spiro atoms. The van der Waals surface area contributed by atoms with E-state index in [1.807, 2.05) is 0 Å². The van der Waals surface area contributed by atoms with Gasteiger partial charge in [-0.25, -0.2) is 4.21 Å². The molecule has 0 aromatic rings. The third kappa shape index (κ3) is 2.54. The third-order valence-corrected chi connectivity index (χ3v) is 2.90. The maximum absolute atomic E-state index is 10.4. The second-order valence-electron chi connectivity index (χ2n) is 2.95. The maximum Gasteiger partial charge on any atom is 0.155 e. The first kappa shape index (κ1) is 9.16. The molecular formula is C7H14O3S. The first-order valence-corrected chi connectivity index (χ1v) is 5.12. The van der Waals surface area contributed by atoms with Crippen LogP contribution < -0.4 is 0 Å². The minimum Gasteiger partial charge on any atom is -0.380 e. The smallest absolute Gasteiger partial charge is 0.155 e. The molecule has 1 N–H and O–H groups in total. The van der Waals surface area contributed by atoms with Crippen molar-refractivity contribution in [3.63, 3.8) is 0 Å². The maximum atomic E-state index is 10.4. The number of hydrogen-bond donors (Lipinski definition) is 1. The normalized spacial score (nSPS) is 24.2. The van der Waals surface area contributed by atoms with Gasteiger partial charge in [0, 0.05) is 7.11 Å². The van der Waals surface area contributed by atoms with E-state index in [2.05, 4.69) is 0 Å². The van der Waals surface area contributed by atoms with Crippen molar-refractivity contribution < 1.29 is 13.5 Å². The summed E-state index contributed by atoms with van der Waals surface area (Å²) in [6.07, 6.45) is 3.53. The summed E-state index contributed by atoms with van der Waals surface area (Å²) < 4.78 is 24.2. The van der Waals surface area contributed by atoms with Crippen LogP contribution in [0.2, 0.25) is 0 Å². The first-order chi connectivity index (χ1) is 5.24. The van der Waals surface area contributed by atoms with Crippen LogP contribution in [-0.2, 0) is 15.8 Å². The van der Waals surface area contributed by atoms with Gasteiger partial charge in [0.25, 0.3) is 0 Å². The van der Waals surface area contributed by atoms with Crippen molar-refractivity contribution in [2.75, 3.05) is 12.9 Å². The summed E-state index contributed by atoms with van der Waals surface area (Å²) in [7, 11) is 1.61. The molecular weight excluding hydrogens is 164 g/mol. The van der Waals surface area contributed by atoms with Gasteiger partial charge in [-0.15, -0.1) is 0 Å². The summed E-state index contributed by atoms with van der Waals surface area (Å²) in [5.74, 6) is 0.789. The van der Waals surface area contributed by atoms with Gasteiger partial charge >= 0.3 is 0 Å². The fourth-order valence-corrected chi connectivity index (χ4v) is 2.04. The van der Waals surface area contributed by atoms with E-state index >= 15 is 0 Å². The Hall–Kier alpha value is 0.0700. The van der Waals surface area contributed by atoms with Gasteiger partial charge in [0.1, 0.15) is 0 Å². The first-order valence-electron chi connectivity index (χ1n) is 3.84. The molecule has 0 saturated heterocycles. The van der Waals surface area contributed by atoms with E-state index in [1.54, 1.807) is 7.11 Å². The second kappa shape index (κ2) is 4.18. The average Bonchev–Trinajstić information content (AvgIpc) is 1.81. The van der Waals surface area contributed by atoms with Gasteiger partial charge in [-0.2, -0.15) is 0 Å². The predicted molar refractivity (Wildman–Crippen MR) is 43.8 cm³/mol. The molecule has 0 bridgehead atoms. The zero-order chi connectivity index (χ0) is 8.27. The molecule has 0 heterocycles. The molecule has 1 saturated carbocycles. The van der Waals surface area contributed by atoms with Crippen molar-refractivity contribution in [2.24, 2.45) is 5.92 Å². The van der Waals surface area contributed by atoms with E-state index in [-0.39, 0.29) is 11.9 Å². The molecule has 0 aromatic carbocycles. The van der Waals surface area contributed by atoms with Crippen LogP contribution >= 0.6 is 0 Å². The Morgan fingerprint density at radius 1 is 1.73 bits per heavy atom. The summed E-state index contributed by atoms with van der Waals surface area (Å²) in [5, 5.41) is 0. The standard InChI is InChI=1S/C7H14O3S/c1-10-7(5-11(8)9)6-3-2-4-6/h6-7H,2-5H2,1H3,(H,8,9). The molecule has 1 fully saturated rings. The van der Waals surface area contributed by atoms with Gasteiger partial charge < -0.3 is 9.29 Å². The van der Waals surface area contributed by atoms with Crippen molar-refractivity contribution in [2.45, 2.75) is 25.4 Å². The van der Waals surface area contributed by atoms with Crippen molar-refractivity contribution >= 4 is 11.1 Å². The van der Waals surface area contributed by atoms with Gasteiger partial charge in [-0.05, 0) is 18.8 Å². The summed E-state index contributed by atoms with van der Waals surface area (Å²) in [4.78, 5) is 0. The monoisotopic (exact) mass is 178 g/mol. The number of ether oxygens (including phenoxy) is 1. The molecule has 2 unspecified atom stereocenters. The molecule has 11 heavy (non-hydrogen) atoms. The molecule has 1 rings (SSSR count). The molecule has 66 valence electrons. The Morgan fingerprint density at radius 3 is 2.64 bits per heavy atom. The Morgan fingerprint density at radius 2 is 2.36 bits per heavy atom. The minimum atomic E-state index is -1.71. The fourth-order valence-electron chi connectivity index (χ4n) is 1.35. The van der Waals surface area contributed by atoms with Crippen LogP contribution in [0.25, 0.3) is 0 Å². The molecule has 0 radical (unpaired) electrons. The summed E-state index contributed by atoms with van der Waals surface area (Å²) in [6, 6.07) is 0. The van der Waals surface area contributed by atoms with Crippen molar-refractivity contribution in [1.82, 2.24) is 0 Å². The lowest BCUT2D eigenvalue weighted by atomic mass is 9.82. The van der Waals surface area contributed by atoms with E-state index < -0.39 is 11.1 Å². The Kier molecular flexibility index (Phi) is 3.48. The van der Waals surface area contributed by atoms with Crippen LogP contribution in [-0.4, -0.2) is 27.7 Å². The molecule has 0 amide bonds. The Bertz CT molecular complexity index is 145. The quantitative estimate of drug-likeness (QED) is 0.654. The Balaban J connectivity index is 2.29. The van der Waals surface area contributed by atoms with Crippen LogP contribution in [0.5, 0.6) is 0 Å². The number of hydrogen-bond acceptors (Lipinski definition) is 2. The molecule has 4 heteroatoms. The average molecular weight is 178 g/mol. The van der Waals surface area contributed by atoms with Crippen LogP contribution in [0.1, 0.15) is 19.3 Å². The van der Waals surface area contributed by atoms with Crippen molar-refractivity contribution in [1.29, 1.82) is 0 Å². The Labute approximate surface area is 69.4 Å². The van der Waals surface area contributed by atoms with Crippen LogP contribution in [0.4, 0.5) is 0 Å². The zero-order valence-electron chi connectivity index (χ0n) is 6.66. The van der Waals surface area contributed by atoms with Gasteiger partial charge in [-0.3, -0.25) is 0 Å². The van der Waals surface area contributed by atoms with Crippen LogP contribution in [0, 0.1) is 5.92 Å². The van der Waals surface area contributed by atoms with E-state index in [4.69, 9.17) is 9.29 Å². The van der Waals surface area contributed by atoms with Gasteiger partial charge in [0.15, 0.2) is 11.1 Å². The number of methoxy groups -OCH3 is 1. The van der Waals surface area contributed by atoms with Crippen LogP contribution in [0.3, 0.4) is 0 Å². The molecule has 0 aliphatic heterocycles. The molecule has 1 aliphatic carbocycles. The minimum absolute atomic E-state index is 0.00502. The fraction of sp³-hybridized carbons (Fsp3) is 1.00. The SMILES string of the molecule is COC(CS(=O)O)C1CCC1. The molecule has 3 nitrogen and oxygen atoms in total. The molecule has 1 aliphatic rings. The molecule has 2 atom stereocenters. The predicted octanol–water partition coefficient (Wildman–Crippen LogP) is 1.02. The topological polar surface area (TPSA) is 46.5 Å². The molecule has 0 aromatic heterocycles. The van der Waals surface area contributed by atoms with Gasteiger partial charge in [-0.1, -0.05) is 6.42 Å². The zero-order valence-corrected chi connectivity index (χ0v) is 7.47. The largest absolute Gasteiger partial charge is 0.380 e. The van der Waals surface area contributed by atoms with E-state index in [0.717, 1.165) is 12.8 Å². The van der Waals surface area contributed by atoms with Crippen molar-refractivity contribution in [3.05, 3.63) is 0 Å². The highest BCUT2D eigenvalue weighted by atomic mass is 32.2. The summed E-state index contributed by atoms with van der Waals surface area (Å²) >= 11 is -1.71. The highest BCUT2D eigenvalue weighted by molar-refractivity contribution is 7.79. The highest BCUT2D eigenvalue weighted by Gasteiger charge is 2.28. The second-order valence-corrected chi connectivity index (χ2v) is 3.93. The lowest BCUT2D eigenvalue weighted by Gasteiger charge is -2.31. The van der Waals surface area contributed by atoms with Crippen molar-refractivity contribution in [3.8, 4) is 0 Å². The highest BCUT2D eigenvalue weighted by Crippen LogP contribution is 2.31.